The Bertz CT molecular complexity index is 829. The van der Waals surface area contributed by atoms with Crippen molar-refractivity contribution in [3.8, 4) is 0 Å². The minimum absolute atomic E-state index is 0.0604. The molecule has 0 saturated heterocycles. The summed E-state index contributed by atoms with van der Waals surface area (Å²) in [5, 5.41) is 8.72. The van der Waals surface area contributed by atoms with Crippen LogP contribution in [0.15, 0.2) is 22.0 Å². The van der Waals surface area contributed by atoms with Crippen LogP contribution in [0.5, 0.6) is 0 Å². The molecule has 0 radical (unpaired) electrons. The lowest BCUT2D eigenvalue weighted by Gasteiger charge is -2.29. The second-order valence-corrected chi connectivity index (χ2v) is 9.08. The minimum atomic E-state index is -4.27. The first-order valence-electron chi connectivity index (χ1n) is 8.87. The van der Waals surface area contributed by atoms with Crippen molar-refractivity contribution in [2.45, 2.75) is 70.6 Å². The van der Waals surface area contributed by atoms with E-state index in [1.807, 2.05) is 6.92 Å². The number of aliphatic carboxylic acids is 1. The van der Waals surface area contributed by atoms with E-state index >= 15 is 0 Å². The van der Waals surface area contributed by atoms with Gasteiger partial charge >= 0.3 is 5.97 Å². The molecule has 1 aromatic rings. The number of rotatable bonds is 7. The van der Waals surface area contributed by atoms with Crippen LogP contribution in [-0.4, -0.2) is 29.8 Å². The van der Waals surface area contributed by atoms with Crippen molar-refractivity contribution in [1.29, 1.82) is 0 Å². The standard InChI is InChI=1S/C19H27NO5S/c1-13-9-16-15(10-17(13)26(23,24)25)12-19(3,11-14(2)20-16)8-6-4-5-7-18(21)22/h9-10H,4-8,11-12H2,1-3H3,(H,21,22)(H,23,24,25). The van der Waals surface area contributed by atoms with E-state index in [0.717, 1.165) is 42.6 Å². The lowest BCUT2D eigenvalue weighted by atomic mass is 9.75. The molecule has 1 aliphatic heterocycles. The van der Waals surface area contributed by atoms with Gasteiger partial charge in [0.25, 0.3) is 10.1 Å². The number of carboxylic acid groups (broad SMARTS) is 1. The van der Waals surface area contributed by atoms with Crippen molar-refractivity contribution in [3.05, 3.63) is 23.3 Å². The van der Waals surface area contributed by atoms with E-state index in [1.54, 1.807) is 19.1 Å². The fourth-order valence-corrected chi connectivity index (χ4v) is 4.56. The van der Waals surface area contributed by atoms with E-state index in [-0.39, 0.29) is 16.7 Å². The summed E-state index contributed by atoms with van der Waals surface area (Å²) in [7, 11) is -4.27. The van der Waals surface area contributed by atoms with Gasteiger partial charge in [0.1, 0.15) is 0 Å². The number of aryl methyl sites for hydroxylation is 1. The van der Waals surface area contributed by atoms with Gasteiger partial charge in [0.15, 0.2) is 0 Å². The first-order valence-corrected chi connectivity index (χ1v) is 10.3. The Hall–Kier alpha value is -1.73. The maximum atomic E-state index is 11.6. The zero-order valence-corrected chi connectivity index (χ0v) is 16.4. The van der Waals surface area contributed by atoms with Crippen LogP contribution >= 0.6 is 0 Å². The van der Waals surface area contributed by atoms with Crippen molar-refractivity contribution < 1.29 is 22.9 Å². The summed E-state index contributed by atoms with van der Waals surface area (Å²) in [6, 6.07) is 3.27. The molecular formula is C19H27NO5S. The van der Waals surface area contributed by atoms with E-state index in [4.69, 9.17) is 5.11 Å². The molecule has 0 aromatic heterocycles. The van der Waals surface area contributed by atoms with E-state index in [1.165, 1.54) is 0 Å². The molecule has 0 bridgehead atoms. The Morgan fingerprint density at radius 2 is 1.88 bits per heavy atom. The van der Waals surface area contributed by atoms with Crippen LogP contribution in [-0.2, 0) is 21.3 Å². The molecule has 0 amide bonds. The molecule has 1 aromatic carbocycles. The van der Waals surface area contributed by atoms with Gasteiger partial charge in [-0.2, -0.15) is 8.42 Å². The predicted molar refractivity (Wildman–Crippen MR) is 101 cm³/mol. The average molecular weight is 381 g/mol. The van der Waals surface area contributed by atoms with Crippen LogP contribution in [0.1, 0.15) is 63.5 Å². The van der Waals surface area contributed by atoms with Crippen LogP contribution in [0.2, 0.25) is 0 Å². The molecule has 2 rings (SSSR count). The molecular weight excluding hydrogens is 354 g/mol. The highest BCUT2D eigenvalue weighted by Crippen LogP contribution is 2.40. The molecule has 1 unspecified atom stereocenters. The van der Waals surface area contributed by atoms with Crippen LogP contribution in [0.4, 0.5) is 5.69 Å². The van der Waals surface area contributed by atoms with Gasteiger partial charge in [-0.15, -0.1) is 0 Å². The highest BCUT2D eigenvalue weighted by Gasteiger charge is 2.30. The Labute approximate surface area is 155 Å². The number of aliphatic imine (C=N–C) groups is 1. The third kappa shape index (κ3) is 5.38. The van der Waals surface area contributed by atoms with E-state index < -0.39 is 16.1 Å². The van der Waals surface area contributed by atoms with Crippen molar-refractivity contribution in [1.82, 2.24) is 0 Å². The maximum absolute atomic E-state index is 11.6. The summed E-state index contributed by atoms with van der Waals surface area (Å²) in [5.74, 6) is -0.768. The third-order valence-electron chi connectivity index (χ3n) is 4.94. The Morgan fingerprint density at radius 3 is 2.50 bits per heavy atom. The Morgan fingerprint density at radius 1 is 1.19 bits per heavy atom. The largest absolute Gasteiger partial charge is 0.481 e. The summed E-state index contributed by atoms with van der Waals surface area (Å²) in [6.45, 7) is 5.79. The second kappa shape index (κ2) is 7.88. The Balaban J connectivity index is 2.22. The number of benzene rings is 1. The molecule has 0 saturated carbocycles. The van der Waals surface area contributed by atoms with Gasteiger partial charge in [-0.1, -0.05) is 19.8 Å². The fraction of sp³-hybridized carbons (Fsp3) is 0.579. The quantitative estimate of drug-likeness (QED) is 0.540. The summed E-state index contributed by atoms with van der Waals surface area (Å²) < 4.78 is 32.7. The first-order chi connectivity index (χ1) is 12.0. The van der Waals surface area contributed by atoms with Crippen molar-refractivity contribution in [2.24, 2.45) is 10.4 Å². The zero-order valence-electron chi connectivity index (χ0n) is 15.6. The van der Waals surface area contributed by atoms with Gasteiger partial charge in [0.2, 0.25) is 0 Å². The molecule has 6 nitrogen and oxygen atoms in total. The minimum Gasteiger partial charge on any atom is -0.481 e. The lowest BCUT2D eigenvalue weighted by Crippen LogP contribution is -2.22. The number of unbranched alkanes of at least 4 members (excludes halogenated alkanes) is 2. The van der Waals surface area contributed by atoms with Crippen molar-refractivity contribution in [2.75, 3.05) is 0 Å². The highest BCUT2D eigenvalue weighted by atomic mass is 32.2. The van der Waals surface area contributed by atoms with Crippen molar-refractivity contribution in [3.63, 3.8) is 0 Å². The molecule has 1 heterocycles. The average Bonchev–Trinajstić information content (AvgIpc) is 2.59. The molecule has 26 heavy (non-hydrogen) atoms. The van der Waals surface area contributed by atoms with Gasteiger partial charge in [0.05, 0.1) is 10.6 Å². The van der Waals surface area contributed by atoms with Gasteiger partial charge in [-0.3, -0.25) is 14.3 Å². The highest BCUT2D eigenvalue weighted by molar-refractivity contribution is 7.85. The smallest absolute Gasteiger partial charge is 0.303 e. The number of nitrogens with zero attached hydrogens (tertiary/aromatic N) is 1. The molecule has 0 aliphatic carbocycles. The van der Waals surface area contributed by atoms with Crippen LogP contribution in [0, 0.1) is 12.3 Å². The van der Waals surface area contributed by atoms with Gasteiger partial charge in [-0.05, 0) is 68.2 Å². The summed E-state index contributed by atoms with van der Waals surface area (Å²) in [4.78, 5) is 15.2. The number of hydrogen-bond acceptors (Lipinski definition) is 4. The summed E-state index contributed by atoms with van der Waals surface area (Å²) in [5.41, 5.74) is 3.00. The lowest BCUT2D eigenvalue weighted by molar-refractivity contribution is -0.137. The molecule has 1 atom stereocenters. The van der Waals surface area contributed by atoms with Gasteiger partial charge in [0, 0.05) is 12.1 Å². The monoisotopic (exact) mass is 381 g/mol. The molecule has 0 fully saturated rings. The zero-order chi connectivity index (χ0) is 19.5. The van der Waals surface area contributed by atoms with Crippen LogP contribution in [0.3, 0.4) is 0 Å². The maximum Gasteiger partial charge on any atom is 0.303 e. The molecule has 144 valence electrons. The van der Waals surface area contributed by atoms with Gasteiger partial charge < -0.3 is 5.11 Å². The van der Waals surface area contributed by atoms with Gasteiger partial charge in [-0.25, -0.2) is 0 Å². The van der Waals surface area contributed by atoms with Crippen LogP contribution < -0.4 is 0 Å². The molecule has 2 N–H and O–H groups in total. The summed E-state index contributed by atoms with van der Waals surface area (Å²) in [6.07, 6.45) is 5.02. The number of hydrogen-bond donors (Lipinski definition) is 2. The SMILES string of the molecule is CC1=Nc2cc(C)c(S(=O)(=O)O)cc2CC(C)(CCCCCC(=O)O)C1. The normalized spacial score (nSPS) is 20.2. The molecule has 7 heteroatoms. The fourth-order valence-electron chi connectivity index (χ4n) is 3.81. The third-order valence-corrected chi connectivity index (χ3v) is 5.93. The van der Waals surface area contributed by atoms with E-state index in [0.29, 0.717) is 18.4 Å². The first kappa shape index (κ1) is 20.6. The predicted octanol–water partition coefficient (Wildman–Crippen LogP) is 4.32. The number of fused-ring (bicyclic) bond motifs is 1. The number of carboxylic acids is 1. The van der Waals surface area contributed by atoms with E-state index in [9.17, 15) is 17.8 Å². The van der Waals surface area contributed by atoms with Crippen LogP contribution in [0.25, 0.3) is 0 Å². The second-order valence-electron chi connectivity index (χ2n) is 7.69. The Kier molecular flexibility index (Phi) is 6.24. The molecule has 1 aliphatic rings. The number of carbonyl (C=O) groups is 1. The van der Waals surface area contributed by atoms with Crippen molar-refractivity contribution >= 4 is 27.5 Å². The summed E-state index contributed by atoms with van der Waals surface area (Å²) >= 11 is 0. The van der Waals surface area contributed by atoms with E-state index in [2.05, 4.69) is 11.9 Å². The topological polar surface area (TPSA) is 104 Å². The molecule has 0 spiro atoms.